The molecular weight excluding hydrogens is 362 g/mol. The summed E-state index contributed by atoms with van der Waals surface area (Å²) in [6, 6.07) is 9.56. The highest BCUT2D eigenvalue weighted by molar-refractivity contribution is 6.02. The summed E-state index contributed by atoms with van der Waals surface area (Å²) in [5.41, 5.74) is 2.79. The van der Waals surface area contributed by atoms with Gasteiger partial charge in [0.1, 0.15) is 5.75 Å². The molecule has 1 aromatic carbocycles. The van der Waals surface area contributed by atoms with Crippen LogP contribution in [-0.2, 0) is 11.2 Å². The van der Waals surface area contributed by atoms with Crippen LogP contribution in [0.2, 0.25) is 0 Å². The second-order valence-electron chi connectivity index (χ2n) is 7.08. The van der Waals surface area contributed by atoms with Gasteiger partial charge in [-0.05, 0) is 86.8 Å². The van der Waals surface area contributed by atoms with E-state index in [2.05, 4.69) is 29.0 Å². The lowest BCUT2D eigenvalue weighted by Crippen LogP contribution is -2.26. The van der Waals surface area contributed by atoms with Crippen molar-refractivity contribution in [1.29, 1.82) is 0 Å². The van der Waals surface area contributed by atoms with E-state index in [1.54, 1.807) is 25.6 Å². The van der Waals surface area contributed by atoms with Crippen LogP contribution in [0.3, 0.4) is 0 Å². The number of amides is 1. The first-order chi connectivity index (χ1) is 14.2. The summed E-state index contributed by atoms with van der Waals surface area (Å²) in [6.45, 7) is 7.81. The predicted octanol–water partition coefficient (Wildman–Crippen LogP) is 4.80. The van der Waals surface area contributed by atoms with E-state index in [-0.39, 0.29) is 5.91 Å². The minimum Gasteiger partial charge on any atom is -0.496 e. The second kappa shape index (κ2) is 12.7. The molecular formula is C24H33N3O2. The minimum atomic E-state index is -0.165. The number of carbonyl (C=O) groups excluding carboxylic acids is 1. The number of pyridine rings is 1. The number of anilines is 1. The lowest BCUT2D eigenvalue weighted by atomic mass is 10.1. The molecule has 1 N–H and O–H groups in total. The van der Waals surface area contributed by atoms with Gasteiger partial charge >= 0.3 is 0 Å². The zero-order valence-corrected chi connectivity index (χ0v) is 17.9. The van der Waals surface area contributed by atoms with Crippen molar-refractivity contribution in [3.63, 3.8) is 0 Å². The molecule has 2 rings (SSSR count). The standard InChI is InChI=1S/C24H33N3O2/c1-4-15-27(16-5-2)17-7-9-21-18-22(11-12-23(21)29-3)26-24(28)13-10-20-8-6-14-25-19-20/h6,8,10-14,18-19H,4-5,7,9,15-17H2,1-3H3,(H,26,28). The lowest BCUT2D eigenvalue weighted by molar-refractivity contribution is -0.111. The number of carbonyl (C=O) groups is 1. The summed E-state index contributed by atoms with van der Waals surface area (Å²) in [5.74, 6) is 0.702. The summed E-state index contributed by atoms with van der Waals surface area (Å²) in [5, 5.41) is 2.93. The minimum absolute atomic E-state index is 0.165. The number of nitrogens with zero attached hydrogens (tertiary/aromatic N) is 2. The van der Waals surface area contributed by atoms with E-state index in [4.69, 9.17) is 4.74 Å². The monoisotopic (exact) mass is 395 g/mol. The topological polar surface area (TPSA) is 54.5 Å². The van der Waals surface area contributed by atoms with Crippen LogP contribution in [0.5, 0.6) is 5.75 Å². The highest BCUT2D eigenvalue weighted by atomic mass is 16.5. The fraction of sp³-hybridized carbons (Fsp3) is 0.417. The Morgan fingerprint density at radius 2 is 1.97 bits per heavy atom. The summed E-state index contributed by atoms with van der Waals surface area (Å²) < 4.78 is 5.52. The maximum atomic E-state index is 12.2. The molecule has 29 heavy (non-hydrogen) atoms. The van der Waals surface area contributed by atoms with E-state index in [0.717, 1.165) is 55.0 Å². The molecule has 5 nitrogen and oxygen atoms in total. The Balaban J connectivity index is 1.96. The Bertz CT molecular complexity index is 769. The van der Waals surface area contributed by atoms with Crippen LogP contribution in [0, 0.1) is 0 Å². The van der Waals surface area contributed by atoms with Gasteiger partial charge in [-0.2, -0.15) is 0 Å². The van der Waals surface area contributed by atoms with Crippen LogP contribution in [0.25, 0.3) is 6.08 Å². The summed E-state index contributed by atoms with van der Waals surface area (Å²) in [6.07, 6.45) is 11.0. The van der Waals surface area contributed by atoms with Gasteiger partial charge in [0.05, 0.1) is 7.11 Å². The number of hydrogen-bond donors (Lipinski definition) is 1. The number of hydrogen-bond acceptors (Lipinski definition) is 4. The first-order valence-corrected chi connectivity index (χ1v) is 10.4. The van der Waals surface area contributed by atoms with Crippen molar-refractivity contribution in [3.05, 3.63) is 59.9 Å². The van der Waals surface area contributed by atoms with Gasteiger partial charge < -0.3 is 15.0 Å². The van der Waals surface area contributed by atoms with Gasteiger partial charge in [-0.25, -0.2) is 0 Å². The molecule has 1 heterocycles. The average molecular weight is 396 g/mol. The predicted molar refractivity (Wildman–Crippen MR) is 120 cm³/mol. The van der Waals surface area contributed by atoms with E-state index in [1.807, 2.05) is 30.3 Å². The van der Waals surface area contributed by atoms with Crippen molar-refractivity contribution < 1.29 is 9.53 Å². The van der Waals surface area contributed by atoms with Crippen LogP contribution in [0.15, 0.2) is 48.8 Å². The molecule has 0 bridgehead atoms. The van der Waals surface area contributed by atoms with Crippen LogP contribution in [-0.4, -0.2) is 42.5 Å². The molecule has 0 atom stereocenters. The number of ether oxygens (including phenoxy) is 1. The van der Waals surface area contributed by atoms with Gasteiger partial charge in [-0.15, -0.1) is 0 Å². The smallest absolute Gasteiger partial charge is 0.248 e. The fourth-order valence-electron chi connectivity index (χ4n) is 3.34. The Morgan fingerprint density at radius 1 is 1.17 bits per heavy atom. The quantitative estimate of drug-likeness (QED) is 0.525. The van der Waals surface area contributed by atoms with Gasteiger partial charge in [0.15, 0.2) is 0 Å². The molecule has 5 heteroatoms. The summed E-state index contributed by atoms with van der Waals surface area (Å²) in [4.78, 5) is 18.8. The number of nitrogens with one attached hydrogen (secondary N) is 1. The van der Waals surface area contributed by atoms with Gasteiger partial charge in [0, 0.05) is 24.2 Å². The van der Waals surface area contributed by atoms with E-state index >= 15 is 0 Å². The maximum absolute atomic E-state index is 12.2. The molecule has 0 aliphatic heterocycles. The average Bonchev–Trinajstić information content (AvgIpc) is 2.73. The third kappa shape index (κ3) is 8.08. The molecule has 0 unspecified atom stereocenters. The largest absolute Gasteiger partial charge is 0.496 e. The fourth-order valence-corrected chi connectivity index (χ4v) is 3.34. The lowest BCUT2D eigenvalue weighted by Gasteiger charge is -2.21. The highest BCUT2D eigenvalue weighted by Crippen LogP contribution is 2.24. The van der Waals surface area contributed by atoms with E-state index in [0.29, 0.717) is 0 Å². The summed E-state index contributed by atoms with van der Waals surface area (Å²) in [7, 11) is 1.69. The Morgan fingerprint density at radius 3 is 2.62 bits per heavy atom. The van der Waals surface area contributed by atoms with Crippen molar-refractivity contribution in [2.45, 2.75) is 39.5 Å². The third-order valence-corrected chi connectivity index (χ3v) is 4.66. The Labute approximate surface area is 174 Å². The van der Waals surface area contributed by atoms with E-state index < -0.39 is 0 Å². The SMILES string of the molecule is CCCN(CCC)CCCc1cc(NC(=O)C=Cc2cccnc2)ccc1OC. The van der Waals surface area contributed by atoms with Crippen molar-refractivity contribution in [2.24, 2.45) is 0 Å². The van der Waals surface area contributed by atoms with E-state index in [9.17, 15) is 4.79 Å². The summed E-state index contributed by atoms with van der Waals surface area (Å²) >= 11 is 0. The van der Waals surface area contributed by atoms with Crippen LogP contribution >= 0.6 is 0 Å². The first-order valence-electron chi connectivity index (χ1n) is 10.4. The second-order valence-corrected chi connectivity index (χ2v) is 7.08. The Kier molecular flexibility index (Phi) is 9.93. The van der Waals surface area contributed by atoms with Crippen molar-refractivity contribution in [1.82, 2.24) is 9.88 Å². The highest BCUT2D eigenvalue weighted by Gasteiger charge is 2.08. The zero-order valence-electron chi connectivity index (χ0n) is 17.9. The molecule has 0 aliphatic rings. The van der Waals surface area contributed by atoms with E-state index in [1.165, 1.54) is 18.9 Å². The molecule has 2 aromatic rings. The van der Waals surface area contributed by atoms with Crippen LogP contribution in [0.4, 0.5) is 5.69 Å². The molecule has 0 radical (unpaired) electrons. The van der Waals surface area contributed by atoms with Crippen LogP contribution < -0.4 is 10.1 Å². The molecule has 1 amide bonds. The zero-order chi connectivity index (χ0) is 20.9. The van der Waals surface area contributed by atoms with Crippen LogP contribution in [0.1, 0.15) is 44.2 Å². The van der Waals surface area contributed by atoms with Crippen molar-refractivity contribution >= 4 is 17.7 Å². The van der Waals surface area contributed by atoms with Gasteiger partial charge in [0.2, 0.25) is 5.91 Å². The molecule has 156 valence electrons. The van der Waals surface area contributed by atoms with Gasteiger partial charge in [-0.1, -0.05) is 19.9 Å². The number of aryl methyl sites for hydroxylation is 1. The first kappa shape index (κ1) is 22.6. The molecule has 1 aromatic heterocycles. The molecule has 0 fully saturated rings. The number of benzene rings is 1. The number of rotatable bonds is 12. The number of methoxy groups -OCH3 is 1. The van der Waals surface area contributed by atoms with Gasteiger partial charge in [0.25, 0.3) is 0 Å². The number of aromatic nitrogens is 1. The normalized spacial score (nSPS) is 11.2. The molecule has 0 aliphatic carbocycles. The molecule has 0 saturated carbocycles. The third-order valence-electron chi connectivity index (χ3n) is 4.66. The van der Waals surface area contributed by atoms with Crippen molar-refractivity contribution in [3.8, 4) is 5.75 Å². The Hall–Kier alpha value is -2.66. The van der Waals surface area contributed by atoms with Gasteiger partial charge in [-0.3, -0.25) is 9.78 Å². The van der Waals surface area contributed by atoms with Crippen molar-refractivity contribution in [2.75, 3.05) is 32.1 Å². The maximum Gasteiger partial charge on any atom is 0.248 e. The molecule has 0 spiro atoms. The molecule has 0 saturated heterocycles.